The molecule has 0 N–H and O–H groups in total. The Morgan fingerprint density at radius 2 is 1.88 bits per heavy atom. The van der Waals surface area contributed by atoms with Crippen LogP contribution in [0.3, 0.4) is 0 Å². The molecule has 3 nitrogen and oxygen atoms in total. The molecule has 24 heavy (non-hydrogen) atoms. The topological polar surface area (TPSA) is 21.7 Å². The molecular weight excluding hydrogens is 322 g/mol. The van der Waals surface area contributed by atoms with Crippen LogP contribution in [0, 0.1) is 6.92 Å². The lowest BCUT2D eigenvalue weighted by molar-refractivity contribution is 0.0935. The smallest absolute Gasteiger partial charge is 0.122 e. The molecule has 2 aromatic carbocycles. The molecule has 0 bridgehead atoms. The lowest BCUT2D eigenvalue weighted by Crippen LogP contribution is -2.37. The van der Waals surface area contributed by atoms with Crippen LogP contribution in [0.25, 0.3) is 0 Å². The lowest BCUT2D eigenvalue weighted by Gasteiger charge is -2.26. The van der Waals surface area contributed by atoms with E-state index in [0.29, 0.717) is 6.61 Å². The van der Waals surface area contributed by atoms with E-state index in [-0.39, 0.29) is 5.60 Å². The maximum Gasteiger partial charge on any atom is 0.122 e. The minimum Gasteiger partial charge on any atom is -0.492 e. The van der Waals surface area contributed by atoms with Crippen molar-refractivity contribution in [3.8, 4) is 11.5 Å². The number of aryl methyl sites for hydroxylation is 1. The van der Waals surface area contributed by atoms with Crippen molar-refractivity contribution < 1.29 is 9.47 Å². The van der Waals surface area contributed by atoms with Gasteiger partial charge in [0.1, 0.15) is 23.7 Å². The molecular formula is C20H24ClNO2. The first kappa shape index (κ1) is 17.1. The van der Waals surface area contributed by atoms with Crippen molar-refractivity contribution in [3.63, 3.8) is 0 Å². The molecule has 4 heteroatoms. The Hall–Kier alpha value is -1.71. The van der Waals surface area contributed by atoms with Crippen LogP contribution in [0.5, 0.6) is 11.5 Å². The van der Waals surface area contributed by atoms with Gasteiger partial charge in [0.25, 0.3) is 0 Å². The van der Waals surface area contributed by atoms with E-state index in [1.165, 1.54) is 5.56 Å². The minimum atomic E-state index is -0.156. The second kappa shape index (κ2) is 7.45. The van der Waals surface area contributed by atoms with E-state index in [9.17, 15) is 0 Å². The van der Waals surface area contributed by atoms with Crippen LogP contribution in [-0.2, 0) is 0 Å². The van der Waals surface area contributed by atoms with Gasteiger partial charge < -0.3 is 9.47 Å². The Labute approximate surface area is 149 Å². The summed E-state index contributed by atoms with van der Waals surface area (Å²) in [7, 11) is 0. The normalized spacial score (nSPS) is 21.0. The third-order valence-corrected chi connectivity index (χ3v) is 4.70. The van der Waals surface area contributed by atoms with Crippen molar-refractivity contribution in [1.82, 2.24) is 4.90 Å². The van der Waals surface area contributed by atoms with Crippen LogP contribution in [0.2, 0.25) is 5.02 Å². The summed E-state index contributed by atoms with van der Waals surface area (Å²) in [4.78, 5) is 2.40. The average Bonchev–Trinajstić information content (AvgIpc) is 2.93. The number of rotatable bonds is 6. The van der Waals surface area contributed by atoms with Gasteiger partial charge in [-0.2, -0.15) is 0 Å². The molecule has 1 saturated heterocycles. The first-order valence-corrected chi connectivity index (χ1v) is 8.77. The quantitative estimate of drug-likeness (QED) is 0.765. The summed E-state index contributed by atoms with van der Waals surface area (Å²) in [5.74, 6) is 1.84. The number of para-hydroxylation sites is 1. The third kappa shape index (κ3) is 4.43. The minimum absolute atomic E-state index is 0.156. The summed E-state index contributed by atoms with van der Waals surface area (Å²) >= 11 is 5.93. The van der Waals surface area contributed by atoms with E-state index in [1.807, 2.05) is 42.5 Å². The number of likely N-dealkylation sites (tertiary alicyclic amines) is 1. The fourth-order valence-electron chi connectivity index (χ4n) is 3.09. The molecule has 1 unspecified atom stereocenters. The number of hydrogen-bond donors (Lipinski definition) is 0. The average molecular weight is 346 g/mol. The molecule has 0 radical (unpaired) electrons. The van der Waals surface area contributed by atoms with Gasteiger partial charge in [-0.3, -0.25) is 4.90 Å². The summed E-state index contributed by atoms with van der Waals surface area (Å²) in [5, 5.41) is 0.730. The molecule has 1 aliphatic heterocycles. The molecule has 1 heterocycles. The molecule has 1 fully saturated rings. The zero-order valence-electron chi connectivity index (χ0n) is 14.3. The maximum atomic E-state index is 6.19. The van der Waals surface area contributed by atoms with Crippen molar-refractivity contribution in [2.45, 2.75) is 25.9 Å². The van der Waals surface area contributed by atoms with Crippen molar-refractivity contribution in [2.75, 3.05) is 26.2 Å². The molecule has 1 atom stereocenters. The van der Waals surface area contributed by atoms with Gasteiger partial charge in [0, 0.05) is 31.1 Å². The lowest BCUT2D eigenvalue weighted by atomic mass is 10.1. The summed E-state index contributed by atoms with van der Waals surface area (Å²) in [6.07, 6.45) is 1.01. The highest BCUT2D eigenvalue weighted by atomic mass is 35.5. The molecule has 3 rings (SSSR count). The van der Waals surface area contributed by atoms with Crippen molar-refractivity contribution >= 4 is 11.6 Å². The Kier molecular flexibility index (Phi) is 5.32. The highest BCUT2D eigenvalue weighted by molar-refractivity contribution is 6.30. The number of nitrogens with zero attached hydrogens (tertiary/aromatic N) is 1. The molecule has 0 aromatic heterocycles. The Morgan fingerprint density at radius 1 is 1.12 bits per heavy atom. The predicted molar refractivity (Wildman–Crippen MR) is 98.2 cm³/mol. The molecule has 1 aliphatic rings. The van der Waals surface area contributed by atoms with Crippen LogP contribution < -0.4 is 9.47 Å². The maximum absolute atomic E-state index is 6.19. The van der Waals surface area contributed by atoms with Crippen molar-refractivity contribution in [3.05, 3.63) is 59.1 Å². The van der Waals surface area contributed by atoms with Gasteiger partial charge in [-0.1, -0.05) is 29.8 Å². The van der Waals surface area contributed by atoms with Crippen LogP contribution in [0.4, 0.5) is 0 Å². The third-order valence-electron chi connectivity index (χ3n) is 4.45. The van der Waals surface area contributed by atoms with Crippen LogP contribution in [-0.4, -0.2) is 36.7 Å². The van der Waals surface area contributed by atoms with E-state index < -0.39 is 0 Å². The Balaban J connectivity index is 1.48. The molecule has 0 aliphatic carbocycles. The summed E-state index contributed by atoms with van der Waals surface area (Å²) in [6, 6.07) is 15.7. The number of halogens is 1. The van der Waals surface area contributed by atoms with Gasteiger partial charge in [-0.15, -0.1) is 0 Å². The highest BCUT2D eigenvalue weighted by Crippen LogP contribution is 2.28. The largest absolute Gasteiger partial charge is 0.492 e. The molecule has 2 aromatic rings. The standard InChI is InChI=1S/C20H24ClNO2/c1-16-5-3-4-6-19(16)23-14-13-22-12-11-20(2,15-22)24-18-9-7-17(21)8-10-18/h3-10H,11-15H2,1-2H3. The Bertz CT molecular complexity index is 674. The van der Waals surface area contributed by atoms with E-state index in [4.69, 9.17) is 21.1 Å². The van der Waals surface area contributed by atoms with Crippen molar-refractivity contribution in [1.29, 1.82) is 0 Å². The predicted octanol–water partition coefficient (Wildman–Crippen LogP) is 4.57. The van der Waals surface area contributed by atoms with Gasteiger partial charge in [-0.25, -0.2) is 0 Å². The van der Waals surface area contributed by atoms with Crippen molar-refractivity contribution in [2.24, 2.45) is 0 Å². The fourth-order valence-corrected chi connectivity index (χ4v) is 3.22. The monoisotopic (exact) mass is 345 g/mol. The first-order chi connectivity index (χ1) is 11.5. The molecule has 0 amide bonds. The van der Waals surface area contributed by atoms with Crippen LogP contribution in [0.1, 0.15) is 18.9 Å². The Morgan fingerprint density at radius 3 is 2.62 bits per heavy atom. The van der Waals surface area contributed by atoms with Gasteiger partial charge in [0.15, 0.2) is 0 Å². The first-order valence-electron chi connectivity index (χ1n) is 8.39. The van der Waals surface area contributed by atoms with E-state index in [2.05, 4.69) is 24.8 Å². The second-order valence-electron chi connectivity index (χ2n) is 6.65. The molecule has 128 valence electrons. The number of hydrogen-bond acceptors (Lipinski definition) is 3. The highest BCUT2D eigenvalue weighted by Gasteiger charge is 2.35. The van der Waals surface area contributed by atoms with Gasteiger partial charge in [0.05, 0.1) is 0 Å². The summed E-state index contributed by atoms with van der Waals surface area (Å²) in [6.45, 7) is 7.79. The van der Waals surface area contributed by atoms with E-state index >= 15 is 0 Å². The molecule has 0 spiro atoms. The van der Waals surface area contributed by atoms with Crippen LogP contribution in [0.15, 0.2) is 48.5 Å². The fraction of sp³-hybridized carbons (Fsp3) is 0.400. The summed E-state index contributed by atoms with van der Waals surface area (Å²) < 4.78 is 12.1. The molecule has 0 saturated carbocycles. The van der Waals surface area contributed by atoms with Crippen LogP contribution >= 0.6 is 11.6 Å². The SMILES string of the molecule is Cc1ccccc1OCCN1CCC(C)(Oc2ccc(Cl)cc2)C1. The van der Waals surface area contributed by atoms with Gasteiger partial charge in [0.2, 0.25) is 0 Å². The van der Waals surface area contributed by atoms with E-state index in [0.717, 1.165) is 42.6 Å². The van der Waals surface area contributed by atoms with Gasteiger partial charge >= 0.3 is 0 Å². The van der Waals surface area contributed by atoms with Gasteiger partial charge in [-0.05, 0) is 49.7 Å². The number of benzene rings is 2. The second-order valence-corrected chi connectivity index (χ2v) is 7.08. The zero-order valence-corrected chi connectivity index (χ0v) is 15.1. The number of ether oxygens (including phenoxy) is 2. The summed E-state index contributed by atoms with van der Waals surface area (Å²) in [5.41, 5.74) is 1.02. The van der Waals surface area contributed by atoms with E-state index in [1.54, 1.807) is 0 Å². The zero-order chi connectivity index (χ0) is 17.0.